The molecule has 3 rings (SSSR count). The number of likely N-dealkylation sites (tertiary alicyclic amines) is 1. The average molecular weight is 291 g/mol. The fraction of sp³-hybridized carbons (Fsp3) is 0.533. The fourth-order valence-corrected chi connectivity index (χ4v) is 3.78. The van der Waals surface area contributed by atoms with Gasteiger partial charge in [0.25, 0.3) is 5.91 Å². The molecule has 0 aromatic carbocycles. The molecule has 2 saturated heterocycles. The molecule has 106 valence electrons. The Morgan fingerprint density at radius 2 is 2.20 bits per heavy atom. The number of thiophene rings is 1. The van der Waals surface area contributed by atoms with Gasteiger partial charge in [0.15, 0.2) is 0 Å². The molecule has 2 fully saturated rings. The number of nitrogens with zero attached hydrogens (tertiary/aromatic N) is 1. The summed E-state index contributed by atoms with van der Waals surface area (Å²) >= 11 is 1.41. The van der Waals surface area contributed by atoms with Crippen molar-refractivity contribution in [1.82, 2.24) is 4.90 Å². The predicted octanol–water partition coefficient (Wildman–Crippen LogP) is 1.40. The highest BCUT2D eigenvalue weighted by Crippen LogP contribution is 2.29. The van der Waals surface area contributed by atoms with Gasteiger partial charge in [0.05, 0.1) is 22.0 Å². The zero-order chi connectivity index (χ0) is 14.1. The fourth-order valence-electron chi connectivity index (χ4n) is 2.77. The summed E-state index contributed by atoms with van der Waals surface area (Å²) in [5.74, 6) is 5.61. The predicted molar refractivity (Wildman–Crippen MR) is 76.8 cm³/mol. The van der Waals surface area contributed by atoms with E-state index in [9.17, 15) is 4.79 Å². The maximum atomic E-state index is 12.5. The van der Waals surface area contributed by atoms with Crippen LogP contribution in [-0.4, -0.2) is 47.8 Å². The van der Waals surface area contributed by atoms with E-state index in [2.05, 4.69) is 11.8 Å². The van der Waals surface area contributed by atoms with E-state index in [4.69, 9.17) is 9.84 Å². The Balaban J connectivity index is 1.77. The highest BCUT2D eigenvalue weighted by molar-refractivity contribution is 7.14. The summed E-state index contributed by atoms with van der Waals surface area (Å²) < 4.78 is 5.75. The van der Waals surface area contributed by atoms with Crippen molar-refractivity contribution >= 4 is 17.2 Å². The highest BCUT2D eigenvalue weighted by atomic mass is 32.1. The second-order valence-electron chi connectivity index (χ2n) is 5.25. The molecule has 0 aliphatic carbocycles. The SMILES string of the molecule is Cc1cc(C(=O)N2CC3CCC(C2)O3)sc1C#CCO. The lowest BCUT2D eigenvalue weighted by atomic mass is 10.2. The molecule has 1 aromatic rings. The van der Waals surface area contributed by atoms with Crippen LogP contribution in [0.5, 0.6) is 0 Å². The monoisotopic (exact) mass is 291 g/mol. The molecular formula is C15H17NO3S. The number of aliphatic hydroxyl groups is 1. The smallest absolute Gasteiger partial charge is 0.264 e. The third kappa shape index (κ3) is 2.59. The van der Waals surface area contributed by atoms with Crippen LogP contribution in [-0.2, 0) is 4.74 Å². The molecule has 2 aliphatic rings. The zero-order valence-corrected chi connectivity index (χ0v) is 12.2. The third-order valence-corrected chi connectivity index (χ3v) is 4.88. The molecule has 5 heteroatoms. The van der Waals surface area contributed by atoms with E-state index in [-0.39, 0.29) is 24.7 Å². The van der Waals surface area contributed by atoms with Gasteiger partial charge in [-0.3, -0.25) is 4.79 Å². The van der Waals surface area contributed by atoms with E-state index < -0.39 is 0 Å². The van der Waals surface area contributed by atoms with Gasteiger partial charge in [0.1, 0.15) is 6.61 Å². The van der Waals surface area contributed by atoms with Crippen LogP contribution in [0.15, 0.2) is 6.07 Å². The van der Waals surface area contributed by atoms with E-state index >= 15 is 0 Å². The van der Waals surface area contributed by atoms with Crippen molar-refractivity contribution in [3.05, 3.63) is 21.4 Å². The molecule has 0 spiro atoms. The first-order valence-corrected chi connectivity index (χ1v) is 7.64. The number of aryl methyl sites for hydroxylation is 1. The van der Waals surface area contributed by atoms with E-state index in [1.807, 2.05) is 17.9 Å². The van der Waals surface area contributed by atoms with Gasteiger partial charge in [0, 0.05) is 13.1 Å². The molecule has 2 unspecified atom stereocenters. The number of ether oxygens (including phenoxy) is 1. The first-order chi connectivity index (χ1) is 9.67. The molecule has 1 N–H and O–H groups in total. The summed E-state index contributed by atoms with van der Waals surface area (Å²) in [5.41, 5.74) is 0.996. The van der Waals surface area contributed by atoms with Gasteiger partial charge < -0.3 is 14.7 Å². The van der Waals surface area contributed by atoms with Crippen molar-refractivity contribution in [3.63, 3.8) is 0 Å². The molecule has 0 radical (unpaired) electrons. The largest absolute Gasteiger partial charge is 0.384 e. The standard InChI is InChI=1S/C15H17NO3S/c1-10-7-14(20-13(10)3-2-6-17)15(18)16-8-11-4-5-12(9-16)19-11/h7,11-12,17H,4-6,8-9H2,1H3. The third-order valence-electron chi connectivity index (χ3n) is 3.74. The summed E-state index contributed by atoms with van der Waals surface area (Å²) in [6.45, 7) is 3.18. The van der Waals surface area contributed by atoms with Crippen LogP contribution in [0, 0.1) is 18.8 Å². The Labute approximate surface area is 122 Å². The van der Waals surface area contributed by atoms with Gasteiger partial charge in [-0.2, -0.15) is 0 Å². The Morgan fingerprint density at radius 1 is 1.50 bits per heavy atom. The molecule has 1 aromatic heterocycles. The molecule has 1 amide bonds. The number of morpholine rings is 1. The highest BCUT2D eigenvalue weighted by Gasteiger charge is 2.36. The van der Waals surface area contributed by atoms with Crippen LogP contribution in [0.25, 0.3) is 0 Å². The van der Waals surface area contributed by atoms with Crippen molar-refractivity contribution in [3.8, 4) is 11.8 Å². The van der Waals surface area contributed by atoms with Crippen LogP contribution in [0.2, 0.25) is 0 Å². The second kappa shape index (κ2) is 5.57. The van der Waals surface area contributed by atoms with E-state index in [1.165, 1.54) is 11.3 Å². The Morgan fingerprint density at radius 3 is 2.85 bits per heavy atom. The number of fused-ring (bicyclic) bond motifs is 2. The number of hydrogen-bond donors (Lipinski definition) is 1. The average Bonchev–Trinajstić information content (AvgIpc) is 2.98. The van der Waals surface area contributed by atoms with Crippen LogP contribution in [0.3, 0.4) is 0 Å². The molecule has 20 heavy (non-hydrogen) atoms. The first-order valence-electron chi connectivity index (χ1n) is 6.82. The van der Waals surface area contributed by atoms with E-state index in [0.717, 1.165) is 28.2 Å². The Kier molecular flexibility index (Phi) is 3.79. The van der Waals surface area contributed by atoms with Gasteiger partial charge in [0.2, 0.25) is 0 Å². The van der Waals surface area contributed by atoms with Crippen molar-refractivity contribution in [2.45, 2.75) is 32.0 Å². The molecule has 2 atom stereocenters. The van der Waals surface area contributed by atoms with Gasteiger partial charge in [-0.1, -0.05) is 11.8 Å². The number of carbonyl (C=O) groups is 1. The maximum absolute atomic E-state index is 12.5. The number of aliphatic hydroxyl groups excluding tert-OH is 1. The lowest BCUT2D eigenvalue weighted by Gasteiger charge is -2.31. The molecule has 2 aliphatic heterocycles. The number of carbonyl (C=O) groups excluding carboxylic acids is 1. The molecule has 3 heterocycles. The summed E-state index contributed by atoms with van der Waals surface area (Å²) in [7, 11) is 0. The Bertz CT molecular complexity index is 572. The molecule has 2 bridgehead atoms. The first kappa shape index (κ1) is 13.6. The van der Waals surface area contributed by atoms with Crippen molar-refractivity contribution in [2.24, 2.45) is 0 Å². The van der Waals surface area contributed by atoms with Crippen molar-refractivity contribution < 1.29 is 14.6 Å². The second-order valence-corrected chi connectivity index (χ2v) is 6.30. The zero-order valence-electron chi connectivity index (χ0n) is 11.4. The minimum Gasteiger partial charge on any atom is -0.384 e. The minimum absolute atomic E-state index is 0.0790. The van der Waals surface area contributed by atoms with Crippen LogP contribution in [0.1, 0.15) is 33.0 Å². The van der Waals surface area contributed by atoms with E-state index in [1.54, 1.807) is 0 Å². The van der Waals surface area contributed by atoms with Gasteiger partial charge >= 0.3 is 0 Å². The summed E-state index contributed by atoms with van der Waals surface area (Å²) in [6, 6.07) is 1.89. The maximum Gasteiger partial charge on any atom is 0.264 e. The lowest BCUT2D eigenvalue weighted by Crippen LogP contribution is -2.45. The minimum atomic E-state index is -0.159. The van der Waals surface area contributed by atoms with Gasteiger partial charge in [-0.05, 0) is 31.4 Å². The van der Waals surface area contributed by atoms with Crippen molar-refractivity contribution in [2.75, 3.05) is 19.7 Å². The number of hydrogen-bond acceptors (Lipinski definition) is 4. The van der Waals surface area contributed by atoms with Crippen molar-refractivity contribution in [1.29, 1.82) is 0 Å². The van der Waals surface area contributed by atoms with Crippen LogP contribution in [0.4, 0.5) is 0 Å². The molecule has 0 saturated carbocycles. The number of rotatable bonds is 1. The normalized spacial score (nSPS) is 24.4. The summed E-state index contributed by atoms with van der Waals surface area (Å²) in [5, 5.41) is 8.75. The van der Waals surface area contributed by atoms with Crippen LogP contribution >= 0.6 is 11.3 Å². The summed E-state index contributed by atoms with van der Waals surface area (Å²) in [6.07, 6.45) is 2.55. The van der Waals surface area contributed by atoms with Crippen LogP contribution < -0.4 is 0 Å². The topological polar surface area (TPSA) is 49.8 Å². The van der Waals surface area contributed by atoms with Gasteiger partial charge in [-0.25, -0.2) is 0 Å². The molecular weight excluding hydrogens is 274 g/mol. The quantitative estimate of drug-likeness (QED) is 0.796. The summed E-state index contributed by atoms with van der Waals surface area (Å²) in [4.78, 5) is 16.0. The van der Waals surface area contributed by atoms with Gasteiger partial charge in [-0.15, -0.1) is 11.3 Å². The number of amides is 1. The lowest BCUT2D eigenvalue weighted by molar-refractivity contribution is -0.0302. The Hall–Kier alpha value is -1.35. The molecule has 4 nitrogen and oxygen atoms in total. The van der Waals surface area contributed by atoms with E-state index in [0.29, 0.717) is 13.1 Å².